The summed E-state index contributed by atoms with van der Waals surface area (Å²) in [4.78, 5) is 8.80. The minimum atomic E-state index is -4.35. The summed E-state index contributed by atoms with van der Waals surface area (Å²) < 4.78 is 46.3. The fourth-order valence-electron chi connectivity index (χ4n) is 2.21. The van der Waals surface area contributed by atoms with Crippen molar-refractivity contribution in [2.24, 2.45) is 4.99 Å². The van der Waals surface area contributed by atoms with E-state index in [-0.39, 0.29) is 5.75 Å². The highest BCUT2D eigenvalue weighted by atomic mass is 19.4. The van der Waals surface area contributed by atoms with Crippen molar-refractivity contribution in [2.75, 3.05) is 20.3 Å². The van der Waals surface area contributed by atoms with E-state index < -0.39 is 12.8 Å². The van der Waals surface area contributed by atoms with E-state index in [4.69, 9.17) is 9.47 Å². The lowest BCUT2D eigenvalue weighted by Crippen LogP contribution is -2.37. The lowest BCUT2D eigenvalue weighted by atomic mass is 10.2. The van der Waals surface area contributed by atoms with Gasteiger partial charge in [0.05, 0.1) is 25.9 Å². The van der Waals surface area contributed by atoms with Crippen LogP contribution < -0.4 is 20.1 Å². The van der Waals surface area contributed by atoms with Crippen molar-refractivity contribution in [3.8, 4) is 11.6 Å². The maximum Gasteiger partial charge on any atom is 0.422 e. The molecule has 0 saturated carbocycles. The number of aromatic nitrogens is 1. The summed E-state index contributed by atoms with van der Waals surface area (Å²) >= 11 is 0. The number of halogens is 3. The normalized spacial score (nSPS) is 11.8. The lowest BCUT2D eigenvalue weighted by Gasteiger charge is -2.12. The number of rotatable bonds is 8. The largest absolute Gasteiger partial charge is 0.484 e. The number of hydrogen-bond acceptors (Lipinski definition) is 4. The van der Waals surface area contributed by atoms with Gasteiger partial charge in [-0.15, -0.1) is 0 Å². The second kappa shape index (κ2) is 10.4. The molecule has 0 atom stereocenters. The molecule has 0 aliphatic rings. The van der Waals surface area contributed by atoms with Crippen LogP contribution in [-0.2, 0) is 13.1 Å². The third-order valence-electron chi connectivity index (χ3n) is 3.52. The first-order valence-corrected chi connectivity index (χ1v) is 8.70. The summed E-state index contributed by atoms with van der Waals surface area (Å²) in [5, 5.41) is 6.31. The average Bonchev–Trinajstić information content (AvgIpc) is 2.69. The van der Waals surface area contributed by atoms with Crippen LogP contribution in [0.4, 0.5) is 13.2 Å². The Balaban J connectivity index is 1.92. The molecule has 9 heteroatoms. The molecule has 0 saturated heterocycles. The van der Waals surface area contributed by atoms with Crippen LogP contribution in [0, 0.1) is 0 Å². The first kappa shape index (κ1) is 21.3. The Bertz CT molecular complexity index is 765. The number of ether oxygens (including phenoxy) is 2. The average molecular weight is 396 g/mol. The zero-order valence-electron chi connectivity index (χ0n) is 15.7. The summed E-state index contributed by atoms with van der Waals surface area (Å²) in [5.74, 6) is 1.30. The maximum atomic E-state index is 12.2. The zero-order chi connectivity index (χ0) is 20.4. The quantitative estimate of drug-likeness (QED) is 0.530. The summed E-state index contributed by atoms with van der Waals surface area (Å²) in [6.45, 7) is 2.15. The van der Waals surface area contributed by atoms with Crippen LogP contribution in [0.25, 0.3) is 0 Å². The number of benzene rings is 1. The minimum Gasteiger partial charge on any atom is -0.484 e. The second-order valence-corrected chi connectivity index (χ2v) is 5.77. The smallest absolute Gasteiger partial charge is 0.422 e. The summed E-state index contributed by atoms with van der Waals surface area (Å²) in [6, 6.07) is 11.9. The molecule has 0 amide bonds. The molecule has 1 heterocycles. The number of hydrogen-bond donors (Lipinski definition) is 2. The number of guanidine groups is 1. The predicted octanol–water partition coefficient (Wildman–Crippen LogP) is 3.29. The molecule has 1 aromatic carbocycles. The van der Waals surface area contributed by atoms with Gasteiger partial charge in [0.2, 0.25) is 5.88 Å². The van der Waals surface area contributed by atoms with E-state index in [1.54, 1.807) is 25.3 Å². The van der Waals surface area contributed by atoms with Crippen LogP contribution in [0.15, 0.2) is 47.5 Å². The maximum absolute atomic E-state index is 12.2. The summed E-state index contributed by atoms with van der Waals surface area (Å²) in [5.41, 5.74) is 1.65. The van der Waals surface area contributed by atoms with E-state index in [0.29, 0.717) is 31.5 Å². The predicted molar refractivity (Wildman–Crippen MR) is 100 cm³/mol. The zero-order valence-corrected chi connectivity index (χ0v) is 15.7. The first-order chi connectivity index (χ1) is 13.4. The molecule has 2 N–H and O–H groups in total. The van der Waals surface area contributed by atoms with Gasteiger partial charge in [-0.25, -0.2) is 9.98 Å². The molecular formula is C19H23F3N4O2. The van der Waals surface area contributed by atoms with Gasteiger partial charge in [-0.05, 0) is 30.7 Å². The Morgan fingerprint density at radius 2 is 1.86 bits per heavy atom. The highest BCUT2D eigenvalue weighted by molar-refractivity contribution is 5.79. The Hall–Kier alpha value is -2.97. The van der Waals surface area contributed by atoms with Crippen molar-refractivity contribution in [3.05, 3.63) is 53.7 Å². The molecular weight excluding hydrogens is 373 g/mol. The Morgan fingerprint density at radius 1 is 1.11 bits per heavy atom. The standard InChI is InChI=1S/C19H23F3N4O2/c1-3-23-18(25-12-15-5-4-6-17(26-15)27-2)24-11-14-7-9-16(10-8-14)28-13-19(20,21)22/h4-10H,3,11-13H2,1-2H3,(H2,23,24,25). The van der Waals surface area contributed by atoms with Gasteiger partial charge in [0.25, 0.3) is 0 Å². The molecule has 152 valence electrons. The van der Waals surface area contributed by atoms with Crippen molar-refractivity contribution < 1.29 is 22.6 Å². The van der Waals surface area contributed by atoms with Gasteiger partial charge < -0.3 is 20.1 Å². The molecule has 28 heavy (non-hydrogen) atoms. The van der Waals surface area contributed by atoms with E-state index in [0.717, 1.165) is 11.3 Å². The number of nitrogens with zero attached hydrogens (tertiary/aromatic N) is 2. The number of aliphatic imine (C=N–C) groups is 1. The van der Waals surface area contributed by atoms with Crippen molar-refractivity contribution in [1.29, 1.82) is 0 Å². The molecule has 0 unspecified atom stereocenters. The van der Waals surface area contributed by atoms with Gasteiger partial charge >= 0.3 is 6.18 Å². The topological polar surface area (TPSA) is 67.8 Å². The molecule has 0 aliphatic heterocycles. The SMILES string of the molecule is CCNC(=NCc1ccc(OCC(F)(F)F)cc1)NCc1cccc(OC)n1. The van der Waals surface area contributed by atoms with Crippen LogP contribution in [0.3, 0.4) is 0 Å². The second-order valence-electron chi connectivity index (χ2n) is 5.77. The third-order valence-corrected chi connectivity index (χ3v) is 3.52. The van der Waals surface area contributed by atoms with Gasteiger partial charge in [0, 0.05) is 12.6 Å². The highest BCUT2D eigenvalue weighted by Gasteiger charge is 2.28. The fourth-order valence-corrected chi connectivity index (χ4v) is 2.21. The number of methoxy groups -OCH3 is 1. The van der Waals surface area contributed by atoms with Gasteiger partial charge in [-0.3, -0.25) is 0 Å². The Morgan fingerprint density at radius 3 is 2.50 bits per heavy atom. The van der Waals surface area contributed by atoms with Crippen LogP contribution in [0.1, 0.15) is 18.2 Å². The van der Waals surface area contributed by atoms with Crippen molar-refractivity contribution in [2.45, 2.75) is 26.2 Å². The molecule has 1 aromatic heterocycles. The first-order valence-electron chi connectivity index (χ1n) is 8.70. The monoisotopic (exact) mass is 396 g/mol. The van der Waals surface area contributed by atoms with Crippen LogP contribution in [0.2, 0.25) is 0 Å². The fraction of sp³-hybridized carbons (Fsp3) is 0.368. The van der Waals surface area contributed by atoms with Crippen molar-refractivity contribution >= 4 is 5.96 Å². The van der Waals surface area contributed by atoms with Crippen molar-refractivity contribution in [1.82, 2.24) is 15.6 Å². The van der Waals surface area contributed by atoms with E-state index in [9.17, 15) is 13.2 Å². The summed E-state index contributed by atoms with van der Waals surface area (Å²) in [7, 11) is 1.56. The van der Waals surface area contributed by atoms with Gasteiger partial charge in [-0.2, -0.15) is 13.2 Å². The Labute approximate surface area is 161 Å². The Kier molecular flexibility index (Phi) is 7.91. The van der Waals surface area contributed by atoms with E-state index in [1.807, 2.05) is 19.1 Å². The molecule has 0 radical (unpaired) electrons. The van der Waals surface area contributed by atoms with Gasteiger partial charge in [0.15, 0.2) is 12.6 Å². The van der Waals surface area contributed by atoms with Crippen LogP contribution >= 0.6 is 0 Å². The van der Waals surface area contributed by atoms with Gasteiger partial charge in [0.1, 0.15) is 5.75 Å². The summed E-state index contributed by atoms with van der Waals surface area (Å²) in [6.07, 6.45) is -4.35. The number of nitrogens with one attached hydrogen (secondary N) is 2. The molecule has 6 nitrogen and oxygen atoms in total. The molecule has 0 spiro atoms. The molecule has 0 bridgehead atoms. The number of alkyl halides is 3. The van der Waals surface area contributed by atoms with Crippen LogP contribution in [-0.4, -0.2) is 37.4 Å². The highest BCUT2D eigenvalue weighted by Crippen LogP contribution is 2.19. The molecule has 2 rings (SSSR count). The van der Waals surface area contributed by atoms with E-state index >= 15 is 0 Å². The number of pyridine rings is 1. The van der Waals surface area contributed by atoms with E-state index in [2.05, 4.69) is 20.6 Å². The third kappa shape index (κ3) is 7.73. The lowest BCUT2D eigenvalue weighted by molar-refractivity contribution is -0.153. The van der Waals surface area contributed by atoms with Gasteiger partial charge in [-0.1, -0.05) is 18.2 Å². The molecule has 2 aromatic rings. The molecule has 0 aliphatic carbocycles. The van der Waals surface area contributed by atoms with Crippen LogP contribution in [0.5, 0.6) is 11.6 Å². The molecule has 0 fully saturated rings. The van der Waals surface area contributed by atoms with E-state index in [1.165, 1.54) is 12.1 Å². The van der Waals surface area contributed by atoms with Crippen molar-refractivity contribution in [3.63, 3.8) is 0 Å². The minimum absolute atomic E-state index is 0.166.